The fraction of sp³-hybridized carbons (Fsp3) is 0.586. The largest absolute Gasteiger partial charge is 0.493 e. The molecule has 0 aromatic heterocycles. The molecule has 1 fully saturated rings. The number of Topliss-reactive ketones (excluding diaryl/α,β-unsaturated/α-hetero) is 1. The second-order valence-corrected chi connectivity index (χ2v) is 10.8. The maximum absolute atomic E-state index is 13.6. The maximum Gasteiger partial charge on any atom is 0.337 e. The summed E-state index contributed by atoms with van der Waals surface area (Å²) in [4.78, 5) is 27.2. The number of rotatable bonds is 7. The number of hydrogen-bond donors (Lipinski definition) is 1. The molecule has 0 spiro atoms. The first-order chi connectivity index (χ1) is 16.3. The van der Waals surface area contributed by atoms with Gasteiger partial charge in [0.1, 0.15) is 11.9 Å². The molecule has 1 aliphatic heterocycles. The molecule has 34 heavy (non-hydrogen) atoms. The van der Waals surface area contributed by atoms with E-state index in [9.17, 15) is 9.59 Å². The zero-order valence-corrected chi connectivity index (χ0v) is 21.2. The molecule has 2 aliphatic carbocycles. The minimum absolute atomic E-state index is 0.0467. The minimum atomic E-state index is -0.478. The number of unbranched alkanes of at least 4 members (excludes halogenated alkanes) is 1. The summed E-state index contributed by atoms with van der Waals surface area (Å²) >= 11 is 0. The summed E-state index contributed by atoms with van der Waals surface area (Å²) < 4.78 is 12.2. The number of ketones is 1. The molecule has 0 unspecified atom stereocenters. The van der Waals surface area contributed by atoms with Gasteiger partial charge in [-0.2, -0.15) is 0 Å². The number of benzene rings is 1. The lowest BCUT2D eigenvalue weighted by Gasteiger charge is -2.40. The lowest BCUT2D eigenvalue weighted by Crippen LogP contribution is -2.39. The molecule has 0 radical (unpaired) electrons. The van der Waals surface area contributed by atoms with E-state index in [4.69, 9.17) is 9.47 Å². The van der Waals surface area contributed by atoms with E-state index in [0.717, 1.165) is 67.7 Å². The van der Waals surface area contributed by atoms with Crippen molar-refractivity contribution < 1.29 is 19.1 Å². The summed E-state index contributed by atoms with van der Waals surface area (Å²) in [5.74, 6) is 0.0499. The van der Waals surface area contributed by atoms with Crippen molar-refractivity contribution in [3.05, 3.63) is 52.4 Å². The van der Waals surface area contributed by atoms with Gasteiger partial charge in [0.15, 0.2) is 5.78 Å². The average Bonchev–Trinajstić information content (AvgIpc) is 2.78. The Bertz CT molecular complexity index is 997. The molecular weight excluding hydrogens is 426 g/mol. The summed E-state index contributed by atoms with van der Waals surface area (Å²) in [6, 6.07) is 7.85. The molecular formula is C29H39NO4. The summed E-state index contributed by atoms with van der Waals surface area (Å²) in [7, 11) is 0. The van der Waals surface area contributed by atoms with Gasteiger partial charge in [-0.05, 0) is 56.9 Å². The van der Waals surface area contributed by atoms with Crippen LogP contribution in [0.3, 0.4) is 0 Å². The van der Waals surface area contributed by atoms with Crippen LogP contribution in [-0.2, 0) is 14.3 Å². The average molecular weight is 466 g/mol. The standard InChI is InChI=1S/C29H39NO4/c1-5-6-16-33-24-15-11-10-14-21(24)26-25(28(32)34-20-12-8-7-9-13-20)19(2)30-22-17-29(3,4)18-23(31)27(22)26/h10-11,14-15,20,26,30H,5-9,12-13,16-18H2,1-4H3/t26-/m0/s1. The molecule has 1 N–H and O–H groups in total. The Kier molecular flexibility index (Phi) is 7.49. The van der Waals surface area contributed by atoms with Gasteiger partial charge in [-0.3, -0.25) is 4.79 Å². The van der Waals surface area contributed by atoms with E-state index in [1.807, 2.05) is 31.2 Å². The van der Waals surface area contributed by atoms with Crippen molar-refractivity contribution in [1.29, 1.82) is 0 Å². The van der Waals surface area contributed by atoms with E-state index >= 15 is 0 Å². The van der Waals surface area contributed by atoms with Gasteiger partial charge in [-0.1, -0.05) is 51.8 Å². The Balaban J connectivity index is 1.77. The van der Waals surface area contributed by atoms with E-state index in [2.05, 4.69) is 26.1 Å². The molecule has 0 bridgehead atoms. The first-order valence-corrected chi connectivity index (χ1v) is 13.0. The third-order valence-corrected chi connectivity index (χ3v) is 7.27. The van der Waals surface area contributed by atoms with Crippen LogP contribution in [0.1, 0.15) is 97.0 Å². The van der Waals surface area contributed by atoms with Crippen molar-refractivity contribution in [1.82, 2.24) is 5.32 Å². The highest BCUT2D eigenvalue weighted by Gasteiger charge is 2.44. The van der Waals surface area contributed by atoms with E-state index in [1.165, 1.54) is 6.42 Å². The fourth-order valence-electron chi connectivity index (χ4n) is 5.59. The van der Waals surface area contributed by atoms with Crippen molar-refractivity contribution >= 4 is 11.8 Å². The van der Waals surface area contributed by atoms with Crippen molar-refractivity contribution in [2.45, 2.75) is 97.5 Å². The van der Waals surface area contributed by atoms with Gasteiger partial charge >= 0.3 is 5.97 Å². The molecule has 0 saturated heterocycles. The molecule has 4 rings (SSSR count). The van der Waals surface area contributed by atoms with Gasteiger partial charge < -0.3 is 14.8 Å². The maximum atomic E-state index is 13.6. The highest BCUT2D eigenvalue weighted by molar-refractivity contribution is 6.04. The minimum Gasteiger partial charge on any atom is -0.493 e. The number of carbonyl (C=O) groups is 2. The quantitative estimate of drug-likeness (QED) is 0.376. The normalized spacial score (nSPS) is 22.8. The molecule has 3 aliphatic rings. The SMILES string of the molecule is CCCCOc1ccccc1[C@H]1C(C(=O)OC2CCCCC2)=C(C)NC2=C1C(=O)CC(C)(C)C2. The molecule has 5 heteroatoms. The van der Waals surface area contributed by atoms with Crippen LogP contribution in [-0.4, -0.2) is 24.5 Å². The number of nitrogens with one attached hydrogen (secondary N) is 1. The summed E-state index contributed by atoms with van der Waals surface area (Å²) in [6.45, 7) is 8.92. The highest BCUT2D eigenvalue weighted by Crippen LogP contribution is 2.48. The molecule has 1 saturated carbocycles. The summed E-state index contributed by atoms with van der Waals surface area (Å²) in [5, 5.41) is 3.44. The van der Waals surface area contributed by atoms with Gasteiger partial charge in [-0.25, -0.2) is 4.79 Å². The number of carbonyl (C=O) groups excluding carboxylic acids is 2. The lowest BCUT2D eigenvalue weighted by molar-refractivity contribution is -0.146. The lowest BCUT2D eigenvalue weighted by atomic mass is 9.68. The van der Waals surface area contributed by atoms with Crippen molar-refractivity contribution in [3.63, 3.8) is 0 Å². The second kappa shape index (κ2) is 10.4. The molecule has 1 heterocycles. The van der Waals surface area contributed by atoms with Crippen LogP contribution in [0.15, 0.2) is 46.8 Å². The highest BCUT2D eigenvalue weighted by atomic mass is 16.5. The Morgan fingerprint density at radius 1 is 1.12 bits per heavy atom. The second-order valence-electron chi connectivity index (χ2n) is 10.8. The zero-order valence-electron chi connectivity index (χ0n) is 21.2. The first kappa shape index (κ1) is 24.6. The van der Waals surface area contributed by atoms with E-state index in [1.54, 1.807) is 0 Å². The van der Waals surface area contributed by atoms with Gasteiger partial charge in [0, 0.05) is 29.0 Å². The van der Waals surface area contributed by atoms with E-state index < -0.39 is 5.92 Å². The van der Waals surface area contributed by atoms with Gasteiger partial charge in [0.2, 0.25) is 0 Å². The van der Waals surface area contributed by atoms with E-state index in [0.29, 0.717) is 24.2 Å². The van der Waals surface area contributed by atoms with Crippen LogP contribution in [0.2, 0.25) is 0 Å². The van der Waals surface area contributed by atoms with Crippen molar-refractivity contribution in [2.75, 3.05) is 6.61 Å². The van der Waals surface area contributed by atoms with Gasteiger partial charge in [-0.15, -0.1) is 0 Å². The molecule has 184 valence electrons. The van der Waals surface area contributed by atoms with Gasteiger partial charge in [0.05, 0.1) is 18.1 Å². The van der Waals surface area contributed by atoms with Crippen molar-refractivity contribution in [2.24, 2.45) is 5.41 Å². The number of esters is 1. The Morgan fingerprint density at radius 2 is 1.85 bits per heavy atom. The van der Waals surface area contributed by atoms with Crippen molar-refractivity contribution in [3.8, 4) is 5.75 Å². The Labute approximate surface area is 204 Å². The molecule has 1 aromatic rings. The molecule has 1 atom stereocenters. The number of dihydropyridines is 1. The topological polar surface area (TPSA) is 64.6 Å². The van der Waals surface area contributed by atoms with E-state index in [-0.39, 0.29) is 23.3 Å². The van der Waals surface area contributed by atoms with Crippen LogP contribution < -0.4 is 10.1 Å². The smallest absolute Gasteiger partial charge is 0.337 e. The third kappa shape index (κ3) is 5.24. The third-order valence-electron chi connectivity index (χ3n) is 7.27. The molecule has 1 aromatic carbocycles. The molecule has 0 amide bonds. The number of hydrogen-bond acceptors (Lipinski definition) is 5. The van der Waals surface area contributed by atoms with Crippen LogP contribution in [0, 0.1) is 5.41 Å². The Morgan fingerprint density at radius 3 is 2.59 bits per heavy atom. The summed E-state index contributed by atoms with van der Waals surface area (Å²) in [6.07, 6.45) is 8.38. The predicted octanol–water partition coefficient (Wildman–Crippen LogP) is 6.35. The summed E-state index contributed by atoms with van der Waals surface area (Å²) in [5.41, 5.74) is 3.71. The molecule has 5 nitrogen and oxygen atoms in total. The van der Waals surface area contributed by atoms with Gasteiger partial charge in [0.25, 0.3) is 0 Å². The number of allylic oxidation sites excluding steroid dienone is 3. The first-order valence-electron chi connectivity index (χ1n) is 13.0. The number of para-hydroxylation sites is 1. The Hall–Kier alpha value is -2.56. The van der Waals surface area contributed by atoms with Crippen LogP contribution in [0.25, 0.3) is 0 Å². The van der Waals surface area contributed by atoms with Crippen LogP contribution in [0.4, 0.5) is 0 Å². The monoisotopic (exact) mass is 465 g/mol. The number of ether oxygens (including phenoxy) is 2. The zero-order chi connectivity index (χ0) is 24.3. The van der Waals surface area contributed by atoms with Crippen LogP contribution >= 0.6 is 0 Å². The fourth-order valence-corrected chi connectivity index (χ4v) is 5.59. The predicted molar refractivity (Wildman–Crippen MR) is 133 cm³/mol. The van der Waals surface area contributed by atoms with Crippen LogP contribution in [0.5, 0.6) is 5.75 Å².